The molecule has 0 unspecified atom stereocenters. The lowest BCUT2D eigenvalue weighted by Gasteiger charge is -2.28. The molecular weight excluding hydrogens is 542 g/mol. The van der Waals surface area contributed by atoms with Crippen molar-refractivity contribution >= 4 is 67.2 Å². The van der Waals surface area contributed by atoms with Gasteiger partial charge in [-0.25, -0.2) is 9.69 Å². The van der Waals surface area contributed by atoms with E-state index in [1.54, 1.807) is 24.3 Å². The number of carboxylic acids is 1. The molecule has 0 aliphatic carbocycles. The minimum absolute atomic E-state index is 0.00650. The van der Waals surface area contributed by atoms with E-state index in [-0.39, 0.29) is 33.8 Å². The fourth-order valence-corrected chi connectivity index (χ4v) is 4.90. The third kappa shape index (κ3) is 3.82. The van der Waals surface area contributed by atoms with Crippen LogP contribution in [0, 0.1) is 24.0 Å². The Balaban J connectivity index is 1.71. The third-order valence-electron chi connectivity index (χ3n) is 6.56. The summed E-state index contributed by atoms with van der Waals surface area (Å²) in [5.74, 6) is -2.49. The number of anilines is 3. The Bertz CT molecular complexity index is 1680. The quantitative estimate of drug-likeness (QED) is 0.165. The molecule has 0 bridgehead atoms. The van der Waals surface area contributed by atoms with Crippen LogP contribution in [0.1, 0.15) is 42.2 Å². The average Bonchev–Trinajstić information content (AvgIpc) is 2.88. The number of benzene rings is 4. The Morgan fingerprint density at radius 1 is 0.973 bits per heavy atom. The topological polar surface area (TPSA) is 130 Å². The van der Waals surface area contributed by atoms with E-state index in [9.17, 15) is 24.5 Å². The fraction of sp³-hybridized carbons (Fsp3) is 0.0741. The Morgan fingerprint density at radius 2 is 1.65 bits per heavy atom. The van der Waals surface area contributed by atoms with Crippen LogP contribution in [0.3, 0.4) is 0 Å². The van der Waals surface area contributed by atoms with E-state index in [1.165, 1.54) is 30.3 Å². The Morgan fingerprint density at radius 3 is 2.30 bits per heavy atom. The molecule has 0 fully saturated rings. The van der Waals surface area contributed by atoms with Crippen LogP contribution in [0.15, 0.2) is 65.1 Å². The second-order valence-electron chi connectivity index (χ2n) is 8.57. The lowest BCUT2D eigenvalue weighted by molar-refractivity contribution is -0.383. The van der Waals surface area contributed by atoms with Gasteiger partial charge < -0.3 is 10.4 Å². The maximum Gasteiger partial charge on any atom is 0.335 e. The molecule has 2 amide bonds. The number of nitro benzene ring substituents is 1. The zero-order chi connectivity index (χ0) is 26.6. The van der Waals surface area contributed by atoms with Gasteiger partial charge >= 0.3 is 5.97 Å². The average molecular weight is 560 g/mol. The number of carboxylic acid groups (broad SMARTS) is 1. The van der Waals surface area contributed by atoms with E-state index >= 15 is 0 Å². The Labute approximate surface area is 218 Å². The molecule has 9 nitrogen and oxygen atoms in total. The minimum atomic E-state index is -1.15. The molecule has 0 spiro atoms. The number of rotatable bonds is 5. The highest BCUT2D eigenvalue weighted by molar-refractivity contribution is 9.10. The number of amides is 2. The van der Waals surface area contributed by atoms with Crippen molar-refractivity contribution in [1.82, 2.24) is 0 Å². The maximum absolute atomic E-state index is 13.6. The number of aromatic carboxylic acids is 1. The van der Waals surface area contributed by atoms with E-state index in [4.69, 9.17) is 5.11 Å². The normalized spacial score (nSPS) is 12.7. The molecule has 1 aliphatic rings. The summed E-state index contributed by atoms with van der Waals surface area (Å²) in [5, 5.41) is 25.2. The molecule has 0 aromatic heterocycles. The lowest BCUT2D eigenvalue weighted by Crippen LogP contribution is -2.40. The smallest absolute Gasteiger partial charge is 0.335 e. The first-order valence-corrected chi connectivity index (χ1v) is 11.9. The van der Waals surface area contributed by atoms with Crippen LogP contribution >= 0.6 is 15.9 Å². The number of imide groups is 1. The standard InChI is InChI=1S/C27H18BrN3O6/c1-13-14(2)21(11-10-20(13)28)29-24-17-4-3-5-18-23(17)19(12-22(24)31(36)37)26(33)30(25(18)32)16-8-6-15(7-9-16)27(34)35/h3-12,29H,1-2H3,(H,34,35). The van der Waals surface area contributed by atoms with E-state index in [2.05, 4.69) is 21.2 Å². The number of nitro groups is 1. The van der Waals surface area contributed by atoms with Crippen molar-refractivity contribution in [1.29, 1.82) is 0 Å². The van der Waals surface area contributed by atoms with Crippen LogP contribution in [0.2, 0.25) is 0 Å². The summed E-state index contributed by atoms with van der Waals surface area (Å²) in [6.07, 6.45) is 0. The number of nitrogens with zero attached hydrogens (tertiary/aromatic N) is 2. The number of nitrogens with one attached hydrogen (secondary N) is 1. The van der Waals surface area contributed by atoms with Crippen molar-refractivity contribution in [2.75, 3.05) is 10.2 Å². The van der Waals surface area contributed by atoms with Crippen molar-refractivity contribution in [3.8, 4) is 0 Å². The van der Waals surface area contributed by atoms with Crippen LogP contribution in [-0.2, 0) is 0 Å². The van der Waals surface area contributed by atoms with Gasteiger partial charge in [0.25, 0.3) is 17.5 Å². The van der Waals surface area contributed by atoms with Gasteiger partial charge in [0.2, 0.25) is 0 Å². The van der Waals surface area contributed by atoms with Gasteiger partial charge in [-0.2, -0.15) is 0 Å². The highest BCUT2D eigenvalue weighted by Gasteiger charge is 2.37. The molecule has 0 atom stereocenters. The van der Waals surface area contributed by atoms with Crippen LogP contribution < -0.4 is 10.2 Å². The second-order valence-corrected chi connectivity index (χ2v) is 9.43. The zero-order valence-corrected chi connectivity index (χ0v) is 21.1. The molecule has 10 heteroatoms. The van der Waals surface area contributed by atoms with Gasteiger partial charge in [0.1, 0.15) is 5.69 Å². The Hall–Kier alpha value is -4.57. The number of carbonyl (C=O) groups excluding carboxylic acids is 2. The summed E-state index contributed by atoms with van der Waals surface area (Å²) < 4.78 is 0.898. The summed E-state index contributed by atoms with van der Waals surface area (Å²) in [6, 6.07) is 14.9. The van der Waals surface area contributed by atoms with Crippen LogP contribution in [0.4, 0.5) is 22.7 Å². The van der Waals surface area contributed by atoms with Gasteiger partial charge in [0.05, 0.1) is 21.7 Å². The van der Waals surface area contributed by atoms with Gasteiger partial charge in [-0.05, 0) is 67.4 Å². The molecule has 0 saturated heterocycles. The molecule has 0 radical (unpaired) electrons. The molecule has 5 rings (SSSR count). The van der Waals surface area contributed by atoms with Crippen LogP contribution in [-0.4, -0.2) is 27.8 Å². The first-order valence-electron chi connectivity index (χ1n) is 11.1. The van der Waals surface area contributed by atoms with E-state index < -0.39 is 22.7 Å². The monoisotopic (exact) mass is 559 g/mol. The third-order valence-corrected chi connectivity index (χ3v) is 7.42. The molecule has 1 aliphatic heterocycles. The molecule has 4 aromatic rings. The molecule has 2 N–H and O–H groups in total. The van der Waals surface area contributed by atoms with Crippen molar-refractivity contribution in [2.45, 2.75) is 13.8 Å². The number of hydrogen-bond acceptors (Lipinski definition) is 6. The van der Waals surface area contributed by atoms with E-state index in [0.717, 1.165) is 20.5 Å². The predicted octanol–water partition coefficient (Wildman–Crippen LogP) is 6.37. The summed E-state index contributed by atoms with van der Waals surface area (Å²) >= 11 is 3.48. The molecule has 4 aromatic carbocycles. The summed E-state index contributed by atoms with van der Waals surface area (Å²) in [4.78, 5) is 50.8. The number of halogens is 1. The van der Waals surface area contributed by atoms with Gasteiger partial charge in [-0.3, -0.25) is 19.7 Å². The predicted molar refractivity (Wildman–Crippen MR) is 142 cm³/mol. The second kappa shape index (κ2) is 8.82. The highest BCUT2D eigenvalue weighted by atomic mass is 79.9. The molecule has 184 valence electrons. The maximum atomic E-state index is 13.6. The van der Waals surface area contributed by atoms with Crippen molar-refractivity contribution < 1.29 is 24.4 Å². The van der Waals surface area contributed by atoms with Crippen molar-refractivity contribution in [2.24, 2.45) is 0 Å². The number of carbonyl (C=O) groups is 3. The van der Waals surface area contributed by atoms with E-state index in [0.29, 0.717) is 16.5 Å². The zero-order valence-electron chi connectivity index (χ0n) is 19.5. The molecular formula is C27H18BrN3O6. The van der Waals surface area contributed by atoms with E-state index in [1.807, 2.05) is 19.9 Å². The summed E-state index contributed by atoms with van der Waals surface area (Å²) in [5.41, 5.74) is 2.72. The lowest BCUT2D eigenvalue weighted by atomic mass is 9.91. The fourth-order valence-electron chi connectivity index (χ4n) is 4.47. The highest BCUT2D eigenvalue weighted by Crippen LogP contribution is 2.43. The Kier molecular flexibility index (Phi) is 5.76. The first-order chi connectivity index (χ1) is 17.6. The van der Waals surface area contributed by atoms with Gasteiger partial charge in [-0.15, -0.1) is 0 Å². The molecule has 0 saturated carbocycles. The largest absolute Gasteiger partial charge is 0.478 e. The summed E-state index contributed by atoms with van der Waals surface area (Å²) in [6.45, 7) is 3.81. The van der Waals surface area contributed by atoms with Gasteiger partial charge in [0, 0.05) is 32.6 Å². The van der Waals surface area contributed by atoms with Crippen molar-refractivity contribution in [3.05, 3.63) is 103 Å². The van der Waals surface area contributed by atoms with Gasteiger partial charge in [0.15, 0.2) is 0 Å². The van der Waals surface area contributed by atoms with Gasteiger partial charge in [-0.1, -0.05) is 28.1 Å². The molecule has 1 heterocycles. The summed E-state index contributed by atoms with van der Waals surface area (Å²) in [7, 11) is 0. The minimum Gasteiger partial charge on any atom is -0.478 e. The first kappa shape index (κ1) is 24.1. The molecule has 37 heavy (non-hydrogen) atoms. The SMILES string of the molecule is Cc1c(Br)ccc(Nc2c([N+](=O)[O-])cc3c4c(cccc24)C(=O)N(c2ccc(C(=O)O)cc2)C3=O)c1C. The number of hydrogen-bond donors (Lipinski definition) is 2. The van der Waals surface area contributed by atoms with Crippen molar-refractivity contribution in [3.63, 3.8) is 0 Å². The van der Waals surface area contributed by atoms with Crippen LogP contribution in [0.5, 0.6) is 0 Å². The van der Waals surface area contributed by atoms with Crippen LogP contribution in [0.25, 0.3) is 10.8 Å².